The highest BCUT2D eigenvalue weighted by Crippen LogP contribution is 2.40. The number of amides is 1. The van der Waals surface area contributed by atoms with Crippen LogP contribution in [0.2, 0.25) is 0 Å². The zero-order valence-electron chi connectivity index (χ0n) is 21.5. The molecule has 0 bridgehead atoms. The summed E-state index contributed by atoms with van der Waals surface area (Å²) in [5, 5.41) is 0. The maximum Gasteiger partial charge on any atom is 0.250 e. The van der Waals surface area contributed by atoms with Gasteiger partial charge in [0, 0.05) is 37.7 Å². The highest BCUT2D eigenvalue weighted by Gasteiger charge is 2.53. The molecule has 2 saturated heterocycles. The third-order valence-corrected chi connectivity index (χ3v) is 8.10. The van der Waals surface area contributed by atoms with E-state index in [1.807, 2.05) is 11.0 Å². The molecule has 0 aromatic heterocycles. The summed E-state index contributed by atoms with van der Waals surface area (Å²) in [6.45, 7) is 11.7. The van der Waals surface area contributed by atoms with Crippen LogP contribution in [0.3, 0.4) is 0 Å². The maximum atomic E-state index is 13.8. The van der Waals surface area contributed by atoms with E-state index in [0.29, 0.717) is 25.7 Å². The van der Waals surface area contributed by atoms with Crippen molar-refractivity contribution in [1.82, 2.24) is 9.80 Å². The fraction of sp³-hybridized carbons (Fsp3) is 0.394. The van der Waals surface area contributed by atoms with E-state index in [4.69, 9.17) is 6.57 Å². The van der Waals surface area contributed by atoms with E-state index in [0.717, 1.165) is 51.0 Å². The molecule has 2 aliphatic heterocycles. The molecule has 2 fully saturated rings. The molecule has 3 aromatic carbocycles. The normalized spacial score (nSPS) is 17.0. The van der Waals surface area contributed by atoms with Crippen molar-refractivity contribution < 1.29 is 4.79 Å². The summed E-state index contributed by atoms with van der Waals surface area (Å²) in [6, 6.07) is 32.0. The lowest BCUT2D eigenvalue weighted by Gasteiger charge is -2.43. The summed E-state index contributed by atoms with van der Waals surface area (Å²) < 4.78 is 0. The van der Waals surface area contributed by atoms with Gasteiger partial charge in [0.1, 0.15) is 5.54 Å². The Bertz CT molecular complexity index is 1140. The molecule has 0 radical (unpaired) electrons. The zero-order valence-corrected chi connectivity index (χ0v) is 21.5. The van der Waals surface area contributed by atoms with Gasteiger partial charge < -0.3 is 19.5 Å². The van der Waals surface area contributed by atoms with Gasteiger partial charge in [-0.2, -0.15) is 0 Å². The molecule has 2 heterocycles. The number of hydrogen-bond donors (Lipinski definition) is 0. The largest absolute Gasteiger partial charge is 0.339 e. The van der Waals surface area contributed by atoms with Crippen molar-refractivity contribution in [2.45, 2.75) is 44.6 Å². The van der Waals surface area contributed by atoms with E-state index in [1.54, 1.807) is 0 Å². The fourth-order valence-electron chi connectivity index (χ4n) is 6.07. The second-order valence-corrected chi connectivity index (χ2v) is 10.2. The summed E-state index contributed by atoms with van der Waals surface area (Å²) in [7, 11) is 0. The third-order valence-electron chi connectivity index (χ3n) is 8.10. The molecular weight excluding hydrogens is 468 g/mol. The SMILES string of the molecule is C.[C-]#[N+]CCCN1CN(c2ccccc2)C2(CCN(CCC(c3ccccc3)c3ccccc3)CC2)C1=O. The highest BCUT2D eigenvalue weighted by atomic mass is 16.2. The quantitative estimate of drug-likeness (QED) is 0.251. The number of carbonyl (C=O) groups is 1. The third kappa shape index (κ3) is 5.76. The molecule has 0 atom stereocenters. The van der Waals surface area contributed by atoms with E-state index in [1.165, 1.54) is 11.1 Å². The van der Waals surface area contributed by atoms with Gasteiger partial charge in [-0.1, -0.05) is 86.3 Å². The van der Waals surface area contributed by atoms with Crippen molar-refractivity contribution in [2.24, 2.45) is 0 Å². The number of para-hydroxylation sites is 1. The Hall–Kier alpha value is -3.62. The van der Waals surface area contributed by atoms with Crippen LogP contribution >= 0.6 is 0 Å². The summed E-state index contributed by atoms with van der Waals surface area (Å²) >= 11 is 0. The lowest BCUT2D eigenvalue weighted by atomic mass is 9.84. The highest BCUT2D eigenvalue weighted by molar-refractivity contribution is 5.93. The summed E-state index contributed by atoms with van der Waals surface area (Å²) in [5.41, 5.74) is 3.36. The maximum absolute atomic E-state index is 13.8. The van der Waals surface area contributed by atoms with Crippen LogP contribution in [0, 0.1) is 6.57 Å². The van der Waals surface area contributed by atoms with Gasteiger partial charge in [-0.25, -0.2) is 6.57 Å². The Morgan fingerprint density at radius 3 is 1.92 bits per heavy atom. The predicted octanol–water partition coefficient (Wildman–Crippen LogP) is 6.29. The lowest BCUT2D eigenvalue weighted by Crippen LogP contribution is -2.56. The van der Waals surface area contributed by atoms with Crippen molar-refractivity contribution in [3.8, 4) is 0 Å². The van der Waals surface area contributed by atoms with Gasteiger partial charge in [-0.05, 0) is 49.1 Å². The Labute approximate surface area is 228 Å². The summed E-state index contributed by atoms with van der Waals surface area (Å²) in [5.74, 6) is 0.609. The van der Waals surface area contributed by atoms with E-state index in [2.05, 4.69) is 99.6 Å². The summed E-state index contributed by atoms with van der Waals surface area (Å²) in [4.78, 5) is 24.1. The van der Waals surface area contributed by atoms with Crippen LogP contribution in [-0.4, -0.2) is 60.6 Å². The number of benzene rings is 3. The summed E-state index contributed by atoms with van der Waals surface area (Å²) in [6.07, 6.45) is 3.46. The van der Waals surface area contributed by atoms with Gasteiger partial charge in [0.25, 0.3) is 0 Å². The van der Waals surface area contributed by atoms with Gasteiger partial charge in [-0.15, -0.1) is 0 Å². The monoisotopic (exact) mass is 508 g/mol. The van der Waals surface area contributed by atoms with Crippen molar-refractivity contribution >= 4 is 11.6 Å². The van der Waals surface area contributed by atoms with Gasteiger partial charge in [0.15, 0.2) is 0 Å². The van der Waals surface area contributed by atoms with E-state index in [-0.39, 0.29) is 13.3 Å². The Kier molecular flexibility index (Phi) is 9.20. The van der Waals surface area contributed by atoms with E-state index < -0.39 is 5.54 Å². The Morgan fingerprint density at radius 2 is 1.37 bits per heavy atom. The first-order valence-corrected chi connectivity index (χ1v) is 13.5. The Morgan fingerprint density at radius 1 is 0.816 bits per heavy atom. The van der Waals surface area contributed by atoms with Gasteiger partial charge in [-0.3, -0.25) is 4.79 Å². The van der Waals surface area contributed by atoms with Crippen LogP contribution in [0.15, 0.2) is 91.0 Å². The van der Waals surface area contributed by atoms with Crippen LogP contribution in [0.25, 0.3) is 4.85 Å². The lowest BCUT2D eigenvalue weighted by molar-refractivity contribution is -0.133. The first-order valence-electron chi connectivity index (χ1n) is 13.5. The number of likely N-dealkylation sites (tertiary alicyclic amines) is 1. The average Bonchev–Trinajstić information content (AvgIpc) is 3.22. The minimum Gasteiger partial charge on any atom is -0.339 e. The van der Waals surface area contributed by atoms with Crippen LogP contribution in [0.4, 0.5) is 5.69 Å². The molecule has 1 spiro atoms. The smallest absolute Gasteiger partial charge is 0.250 e. The zero-order chi connectivity index (χ0) is 25.5. The molecule has 38 heavy (non-hydrogen) atoms. The second kappa shape index (κ2) is 12.8. The molecular formula is C33H40N4O. The molecule has 0 N–H and O–H groups in total. The number of nitrogens with zero attached hydrogens (tertiary/aromatic N) is 4. The van der Waals surface area contributed by atoms with Crippen LogP contribution in [-0.2, 0) is 4.79 Å². The number of piperidine rings is 1. The van der Waals surface area contributed by atoms with Crippen LogP contribution in [0.1, 0.15) is 50.2 Å². The molecule has 1 amide bonds. The molecule has 198 valence electrons. The Balaban J connectivity index is 0.00000336. The number of carbonyl (C=O) groups excluding carboxylic acids is 1. The number of hydrogen-bond acceptors (Lipinski definition) is 3. The molecule has 5 rings (SSSR count). The minimum atomic E-state index is -0.478. The molecule has 0 aliphatic carbocycles. The number of rotatable bonds is 9. The van der Waals surface area contributed by atoms with Crippen molar-refractivity contribution in [3.05, 3.63) is 114 Å². The molecule has 0 unspecified atom stereocenters. The van der Waals surface area contributed by atoms with E-state index >= 15 is 0 Å². The molecule has 3 aromatic rings. The van der Waals surface area contributed by atoms with Crippen molar-refractivity contribution in [1.29, 1.82) is 0 Å². The first kappa shape index (κ1) is 27.4. The van der Waals surface area contributed by atoms with Gasteiger partial charge in [0.05, 0.1) is 6.67 Å². The standard InChI is InChI=1S/C32H36N4O.CH4/c1-33-21-11-22-35-26-36(29-16-9-4-10-17-29)32(31(35)37)19-24-34(25-20-32)23-18-30(27-12-5-2-6-13-27)28-14-7-3-8-15-28;/h2-10,12-17,30H,11,18-26H2;1H4. The van der Waals surface area contributed by atoms with Gasteiger partial charge >= 0.3 is 0 Å². The topological polar surface area (TPSA) is 31.1 Å². The average molecular weight is 509 g/mol. The first-order chi connectivity index (χ1) is 18.2. The van der Waals surface area contributed by atoms with Crippen molar-refractivity contribution in [2.75, 3.05) is 44.3 Å². The van der Waals surface area contributed by atoms with Crippen LogP contribution in [0.5, 0.6) is 0 Å². The predicted molar refractivity (Wildman–Crippen MR) is 156 cm³/mol. The number of anilines is 1. The molecule has 0 saturated carbocycles. The second-order valence-electron chi connectivity index (χ2n) is 10.2. The van der Waals surface area contributed by atoms with Crippen LogP contribution < -0.4 is 4.90 Å². The van der Waals surface area contributed by atoms with Crippen molar-refractivity contribution in [3.63, 3.8) is 0 Å². The molecule has 5 heteroatoms. The minimum absolute atomic E-state index is 0. The fourth-order valence-corrected chi connectivity index (χ4v) is 6.07. The van der Waals surface area contributed by atoms with E-state index in [9.17, 15) is 4.79 Å². The molecule has 5 nitrogen and oxygen atoms in total. The molecule has 2 aliphatic rings. The van der Waals surface area contributed by atoms with Gasteiger partial charge in [0.2, 0.25) is 12.5 Å².